The van der Waals surface area contributed by atoms with Crippen LogP contribution < -0.4 is 5.32 Å². The van der Waals surface area contributed by atoms with Crippen LogP contribution in [0.1, 0.15) is 10.4 Å². The zero-order chi connectivity index (χ0) is 20.1. The summed E-state index contributed by atoms with van der Waals surface area (Å²) in [6.45, 7) is 2.23. The van der Waals surface area contributed by atoms with Crippen molar-refractivity contribution in [1.82, 2.24) is 14.5 Å². The second-order valence-electron chi connectivity index (χ2n) is 6.38. The molecule has 1 aromatic heterocycles. The van der Waals surface area contributed by atoms with Gasteiger partial charge in [-0.2, -0.15) is 4.31 Å². The molecule has 2 amide bonds. The van der Waals surface area contributed by atoms with Crippen molar-refractivity contribution in [1.29, 1.82) is 0 Å². The predicted molar refractivity (Wildman–Crippen MR) is 109 cm³/mol. The molecule has 7 nitrogen and oxygen atoms in total. The van der Waals surface area contributed by atoms with Gasteiger partial charge in [-0.1, -0.05) is 23.7 Å². The Kier molecular flexibility index (Phi) is 6.95. The number of amides is 2. The second kappa shape index (κ2) is 9.23. The Morgan fingerprint density at radius 2 is 2.04 bits per heavy atom. The highest BCUT2D eigenvalue weighted by atomic mass is 35.5. The van der Waals surface area contributed by atoms with E-state index in [9.17, 15) is 13.2 Å². The van der Waals surface area contributed by atoms with E-state index in [1.807, 2.05) is 18.2 Å². The molecule has 10 heteroatoms. The van der Waals surface area contributed by atoms with Crippen LogP contribution >= 0.6 is 22.9 Å². The Balaban J connectivity index is 1.55. The largest absolute Gasteiger partial charge is 0.379 e. The quantitative estimate of drug-likeness (QED) is 0.744. The van der Waals surface area contributed by atoms with E-state index in [2.05, 4.69) is 5.32 Å². The number of sulfonamides is 1. The molecule has 1 fully saturated rings. The molecule has 0 unspecified atom stereocenters. The van der Waals surface area contributed by atoms with Crippen molar-refractivity contribution in [3.8, 4) is 0 Å². The zero-order valence-corrected chi connectivity index (χ0v) is 17.8. The number of benzene rings is 1. The van der Waals surface area contributed by atoms with Crippen LogP contribution in [0.15, 0.2) is 40.6 Å². The molecular formula is C18H22ClN3O4S2. The Bertz CT molecular complexity index is 926. The average molecular weight is 444 g/mol. The highest BCUT2D eigenvalue weighted by molar-refractivity contribution is 7.91. The van der Waals surface area contributed by atoms with Gasteiger partial charge in [0, 0.05) is 36.6 Å². The van der Waals surface area contributed by atoms with Gasteiger partial charge < -0.3 is 15.0 Å². The van der Waals surface area contributed by atoms with Crippen LogP contribution in [-0.2, 0) is 27.8 Å². The minimum absolute atomic E-state index is 0.244. The number of carbonyl (C=O) groups excluding carboxylic acids is 1. The third-order valence-corrected chi connectivity index (χ3v) is 7.96. The first-order chi connectivity index (χ1) is 13.4. The Morgan fingerprint density at radius 1 is 1.29 bits per heavy atom. The number of urea groups is 1. The third kappa shape index (κ3) is 5.24. The first kappa shape index (κ1) is 21.1. The molecule has 0 atom stereocenters. The van der Waals surface area contributed by atoms with Crippen molar-refractivity contribution in [2.75, 3.05) is 33.4 Å². The van der Waals surface area contributed by atoms with Crippen molar-refractivity contribution in [3.63, 3.8) is 0 Å². The molecule has 0 radical (unpaired) electrons. The van der Waals surface area contributed by atoms with E-state index >= 15 is 0 Å². The lowest BCUT2D eigenvalue weighted by Crippen LogP contribution is -2.40. The molecule has 0 aliphatic carbocycles. The number of thiophene rings is 1. The van der Waals surface area contributed by atoms with E-state index in [-0.39, 0.29) is 16.8 Å². The first-order valence-electron chi connectivity index (χ1n) is 8.76. The average Bonchev–Trinajstić information content (AvgIpc) is 3.16. The topological polar surface area (TPSA) is 79.0 Å². The van der Waals surface area contributed by atoms with Gasteiger partial charge in [0.15, 0.2) is 0 Å². The van der Waals surface area contributed by atoms with Crippen LogP contribution in [-0.4, -0.2) is 57.0 Å². The van der Waals surface area contributed by atoms with Gasteiger partial charge in [-0.05, 0) is 29.8 Å². The van der Waals surface area contributed by atoms with Crippen molar-refractivity contribution < 1.29 is 17.9 Å². The fourth-order valence-electron chi connectivity index (χ4n) is 2.78. The summed E-state index contributed by atoms with van der Waals surface area (Å²) in [5.74, 6) is 0. The number of hydrogen-bond donors (Lipinski definition) is 1. The van der Waals surface area contributed by atoms with Crippen LogP contribution in [0.25, 0.3) is 0 Å². The van der Waals surface area contributed by atoms with Crippen LogP contribution in [0.4, 0.5) is 4.79 Å². The van der Waals surface area contributed by atoms with E-state index in [1.54, 1.807) is 30.1 Å². The van der Waals surface area contributed by atoms with Gasteiger partial charge in [-0.3, -0.25) is 0 Å². The molecule has 1 saturated heterocycles. The summed E-state index contributed by atoms with van der Waals surface area (Å²) in [5, 5.41) is 3.44. The second-order valence-corrected chi connectivity index (χ2v) is 10.2. The molecule has 0 saturated carbocycles. The molecule has 1 aliphatic rings. The van der Waals surface area contributed by atoms with Crippen molar-refractivity contribution in [3.05, 3.63) is 51.9 Å². The van der Waals surface area contributed by atoms with Gasteiger partial charge >= 0.3 is 6.03 Å². The van der Waals surface area contributed by atoms with Crippen molar-refractivity contribution in [2.24, 2.45) is 0 Å². The maximum atomic E-state index is 12.7. The first-order valence-corrected chi connectivity index (χ1v) is 11.4. The number of hydrogen-bond acceptors (Lipinski definition) is 5. The third-order valence-electron chi connectivity index (χ3n) is 4.27. The molecule has 3 rings (SSSR count). The van der Waals surface area contributed by atoms with Gasteiger partial charge in [0.25, 0.3) is 10.0 Å². The lowest BCUT2D eigenvalue weighted by atomic mass is 10.2. The summed E-state index contributed by atoms with van der Waals surface area (Å²) in [7, 11) is -1.81. The Hall–Kier alpha value is -1.65. The summed E-state index contributed by atoms with van der Waals surface area (Å²) >= 11 is 7.14. The monoisotopic (exact) mass is 443 g/mol. The molecule has 28 heavy (non-hydrogen) atoms. The molecule has 1 aromatic carbocycles. The summed E-state index contributed by atoms with van der Waals surface area (Å²) in [6, 6.07) is 10.4. The summed E-state index contributed by atoms with van der Waals surface area (Å²) in [5.41, 5.74) is 0.931. The van der Waals surface area contributed by atoms with E-state index in [4.69, 9.17) is 16.3 Å². The SMILES string of the molecule is CN(Cc1cccc(Cl)c1)C(=O)NCc1ccc(S(=O)(=O)N2CCOCC2)s1. The van der Waals surface area contributed by atoms with Crippen molar-refractivity contribution in [2.45, 2.75) is 17.3 Å². The highest BCUT2D eigenvalue weighted by Crippen LogP contribution is 2.25. The van der Waals surface area contributed by atoms with Gasteiger partial charge in [0.1, 0.15) is 4.21 Å². The summed E-state index contributed by atoms with van der Waals surface area (Å²) in [4.78, 5) is 14.6. The molecule has 1 N–H and O–H groups in total. The number of nitrogens with one attached hydrogen (secondary N) is 1. The Labute approximate surface area is 173 Å². The van der Waals surface area contributed by atoms with Gasteiger partial charge in [0.2, 0.25) is 0 Å². The minimum atomic E-state index is -3.50. The van der Waals surface area contributed by atoms with E-state index < -0.39 is 10.0 Å². The lowest BCUT2D eigenvalue weighted by molar-refractivity contribution is 0.0731. The molecule has 0 bridgehead atoms. The number of carbonyl (C=O) groups is 1. The predicted octanol–water partition coefficient (Wildman–Crippen LogP) is 2.76. The number of halogens is 1. The van der Waals surface area contributed by atoms with Crippen LogP contribution in [0.5, 0.6) is 0 Å². The summed E-state index contributed by atoms with van der Waals surface area (Å²) in [6.07, 6.45) is 0. The highest BCUT2D eigenvalue weighted by Gasteiger charge is 2.27. The molecule has 2 aromatic rings. The van der Waals surface area contributed by atoms with Crippen molar-refractivity contribution >= 4 is 39.0 Å². The molecule has 0 spiro atoms. The molecule has 2 heterocycles. The van der Waals surface area contributed by atoms with Gasteiger partial charge in [-0.15, -0.1) is 11.3 Å². The van der Waals surface area contributed by atoms with E-state index in [0.29, 0.717) is 37.9 Å². The van der Waals surface area contributed by atoms with Crippen LogP contribution in [0, 0.1) is 0 Å². The fourth-order valence-corrected chi connectivity index (χ4v) is 5.86. The van der Waals surface area contributed by atoms with E-state index in [1.165, 1.54) is 15.6 Å². The molecule has 152 valence electrons. The molecular weight excluding hydrogens is 422 g/mol. The number of morpholine rings is 1. The maximum Gasteiger partial charge on any atom is 0.317 e. The van der Waals surface area contributed by atoms with Crippen LogP contribution in [0.3, 0.4) is 0 Å². The smallest absolute Gasteiger partial charge is 0.317 e. The standard InChI is InChI=1S/C18H22ClN3O4S2/c1-21(13-14-3-2-4-15(19)11-14)18(23)20-12-16-5-6-17(27-16)28(24,25)22-7-9-26-10-8-22/h2-6,11H,7-10,12-13H2,1H3,(H,20,23). The zero-order valence-electron chi connectivity index (χ0n) is 15.4. The van der Waals surface area contributed by atoms with E-state index in [0.717, 1.165) is 10.4 Å². The minimum Gasteiger partial charge on any atom is -0.379 e. The normalized spacial score (nSPS) is 15.4. The number of ether oxygens (including phenoxy) is 1. The lowest BCUT2D eigenvalue weighted by Gasteiger charge is -2.25. The Morgan fingerprint density at radius 3 is 2.75 bits per heavy atom. The van der Waals surface area contributed by atoms with Gasteiger partial charge in [0.05, 0.1) is 19.8 Å². The summed E-state index contributed by atoms with van der Waals surface area (Å²) < 4.78 is 32.2. The molecule has 1 aliphatic heterocycles. The van der Waals surface area contributed by atoms with Gasteiger partial charge in [-0.25, -0.2) is 13.2 Å². The fraction of sp³-hybridized carbons (Fsp3) is 0.389. The number of rotatable bonds is 6. The maximum absolute atomic E-state index is 12.7. The van der Waals surface area contributed by atoms with Crippen LogP contribution in [0.2, 0.25) is 5.02 Å². The number of nitrogens with zero attached hydrogens (tertiary/aromatic N) is 2.